The summed E-state index contributed by atoms with van der Waals surface area (Å²) in [5.74, 6) is -0.201. The molecule has 2 aromatic rings. The Hall–Kier alpha value is -1.98. The van der Waals surface area contributed by atoms with Gasteiger partial charge in [-0.1, -0.05) is 24.3 Å². The van der Waals surface area contributed by atoms with Crippen molar-refractivity contribution in [1.82, 2.24) is 10.3 Å². The van der Waals surface area contributed by atoms with E-state index in [4.69, 9.17) is 0 Å². The van der Waals surface area contributed by atoms with Crippen LogP contribution in [0.15, 0.2) is 36.5 Å². The standard InChI is InChI=1S/C18H20N2O2S/c1-13-19-11-15(23-13)8-9-17(21)20-12-18(22)10-4-6-14-5-2-3-7-16(14)18/h2-3,5,7-9,11,22H,4,6,10,12H2,1H3,(H,20,21)/b9-8+/t18-/m0/s1. The Bertz CT molecular complexity index is 738. The minimum absolute atomic E-state index is 0.201. The molecule has 0 saturated carbocycles. The minimum atomic E-state index is -0.973. The number of aliphatic hydroxyl groups is 1. The molecule has 1 aliphatic carbocycles. The molecule has 120 valence electrons. The van der Waals surface area contributed by atoms with Crippen LogP contribution in [0.4, 0.5) is 0 Å². The van der Waals surface area contributed by atoms with Crippen LogP contribution in [0.2, 0.25) is 0 Å². The number of rotatable bonds is 4. The van der Waals surface area contributed by atoms with E-state index in [1.807, 2.05) is 31.2 Å². The van der Waals surface area contributed by atoms with Gasteiger partial charge in [-0.25, -0.2) is 4.98 Å². The van der Waals surface area contributed by atoms with Crippen LogP contribution in [0, 0.1) is 6.92 Å². The Morgan fingerprint density at radius 2 is 2.30 bits per heavy atom. The smallest absolute Gasteiger partial charge is 0.244 e. The zero-order chi connectivity index (χ0) is 16.3. The summed E-state index contributed by atoms with van der Waals surface area (Å²) in [6.07, 6.45) is 7.57. The van der Waals surface area contributed by atoms with Crippen LogP contribution >= 0.6 is 11.3 Å². The number of carbonyl (C=O) groups excluding carboxylic acids is 1. The SMILES string of the molecule is Cc1ncc(/C=C/C(=O)NC[C@@]2(O)CCCc3ccccc32)s1. The molecular formula is C18H20N2O2S. The summed E-state index contributed by atoms with van der Waals surface area (Å²) in [6, 6.07) is 7.93. The van der Waals surface area contributed by atoms with Crippen LogP contribution in [0.1, 0.15) is 33.9 Å². The lowest BCUT2D eigenvalue weighted by atomic mass is 9.79. The van der Waals surface area contributed by atoms with E-state index in [-0.39, 0.29) is 12.5 Å². The number of hydrogen-bond donors (Lipinski definition) is 2. The molecule has 5 heteroatoms. The van der Waals surface area contributed by atoms with Gasteiger partial charge in [-0.05, 0) is 43.4 Å². The van der Waals surface area contributed by atoms with Gasteiger partial charge < -0.3 is 10.4 Å². The van der Waals surface area contributed by atoms with Crippen LogP contribution in [-0.4, -0.2) is 22.5 Å². The molecule has 1 amide bonds. The molecule has 0 radical (unpaired) electrons. The molecule has 1 aliphatic rings. The first-order chi connectivity index (χ1) is 11.1. The Kier molecular flexibility index (Phi) is 4.59. The Morgan fingerprint density at radius 1 is 1.48 bits per heavy atom. The molecule has 3 rings (SSSR count). The third-order valence-corrected chi connectivity index (χ3v) is 5.03. The average Bonchev–Trinajstić information content (AvgIpc) is 2.97. The number of aromatic nitrogens is 1. The van der Waals surface area contributed by atoms with E-state index in [9.17, 15) is 9.90 Å². The van der Waals surface area contributed by atoms with Gasteiger partial charge in [0.05, 0.1) is 11.6 Å². The number of fused-ring (bicyclic) bond motifs is 1. The molecule has 1 aromatic heterocycles. The molecule has 0 bridgehead atoms. The van der Waals surface area contributed by atoms with Gasteiger partial charge in [0.2, 0.25) is 5.91 Å². The molecule has 1 aromatic carbocycles. The zero-order valence-corrected chi connectivity index (χ0v) is 13.9. The van der Waals surface area contributed by atoms with Crippen molar-refractivity contribution in [3.63, 3.8) is 0 Å². The predicted molar refractivity (Wildman–Crippen MR) is 92.2 cm³/mol. The molecule has 23 heavy (non-hydrogen) atoms. The number of carbonyl (C=O) groups is 1. The van der Waals surface area contributed by atoms with Gasteiger partial charge in [0, 0.05) is 17.2 Å². The summed E-state index contributed by atoms with van der Waals surface area (Å²) in [4.78, 5) is 17.1. The summed E-state index contributed by atoms with van der Waals surface area (Å²) in [6.45, 7) is 2.16. The summed E-state index contributed by atoms with van der Waals surface area (Å²) >= 11 is 1.54. The number of nitrogens with zero attached hydrogens (tertiary/aromatic N) is 1. The van der Waals surface area contributed by atoms with Gasteiger partial charge in [0.1, 0.15) is 5.60 Å². The average molecular weight is 328 g/mol. The fourth-order valence-electron chi connectivity index (χ4n) is 2.99. The highest BCUT2D eigenvalue weighted by Crippen LogP contribution is 2.34. The normalized spacial score (nSPS) is 20.4. The molecule has 1 heterocycles. The Morgan fingerprint density at radius 3 is 3.09 bits per heavy atom. The van der Waals surface area contributed by atoms with E-state index >= 15 is 0 Å². The summed E-state index contributed by atoms with van der Waals surface area (Å²) in [5, 5.41) is 14.7. The largest absolute Gasteiger partial charge is 0.383 e. The van der Waals surface area contributed by atoms with E-state index in [0.29, 0.717) is 6.42 Å². The van der Waals surface area contributed by atoms with Gasteiger partial charge in [0.25, 0.3) is 0 Å². The fraction of sp³-hybridized carbons (Fsp3) is 0.333. The third kappa shape index (κ3) is 3.68. The first-order valence-electron chi connectivity index (χ1n) is 7.76. The second-order valence-corrected chi connectivity index (χ2v) is 7.14. The topological polar surface area (TPSA) is 62.2 Å². The van der Waals surface area contributed by atoms with Gasteiger partial charge in [-0.15, -0.1) is 11.3 Å². The number of hydrogen-bond acceptors (Lipinski definition) is 4. The van der Waals surface area contributed by atoms with Crippen LogP contribution < -0.4 is 5.32 Å². The van der Waals surface area contributed by atoms with E-state index in [1.165, 1.54) is 23.0 Å². The lowest BCUT2D eigenvalue weighted by Gasteiger charge is -2.34. The molecule has 0 aliphatic heterocycles. The number of aryl methyl sites for hydroxylation is 2. The van der Waals surface area contributed by atoms with Crippen molar-refractivity contribution in [3.05, 3.63) is 57.6 Å². The van der Waals surface area contributed by atoms with Gasteiger partial charge >= 0.3 is 0 Å². The van der Waals surface area contributed by atoms with Gasteiger partial charge in [0.15, 0.2) is 0 Å². The van der Waals surface area contributed by atoms with Crippen molar-refractivity contribution in [1.29, 1.82) is 0 Å². The molecule has 0 unspecified atom stereocenters. The summed E-state index contributed by atoms with van der Waals surface area (Å²) < 4.78 is 0. The zero-order valence-electron chi connectivity index (χ0n) is 13.1. The molecular weight excluding hydrogens is 308 g/mol. The minimum Gasteiger partial charge on any atom is -0.383 e. The van der Waals surface area contributed by atoms with Crippen molar-refractivity contribution < 1.29 is 9.90 Å². The summed E-state index contributed by atoms with van der Waals surface area (Å²) in [5.41, 5.74) is 1.14. The highest BCUT2D eigenvalue weighted by molar-refractivity contribution is 7.12. The number of nitrogens with one attached hydrogen (secondary N) is 1. The van der Waals surface area contributed by atoms with E-state index in [1.54, 1.807) is 12.3 Å². The lowest BCUT2D eigenvalue weighted by molar-refractivity contribution is -0.118. The predicted octanol–water partition coefficient (Wildman–Crippen LogP) is 2.81. The lowest BCUT2D eigenvalue weighted by Crippen LogP contribution is -2.42. The number of benzene rings is 1. The van der Waals surface area contributed by atoms with Crippen LogP contribution in [0.5, 0.6) is 0 Å². The molecule has 1 atom stereocenters. The number of thiazole rings is 1. The molecule has 2 N–H and O–H groups in total. The molecule has 0 fully saturated rings. The monoisotopic (exact) mass is 328 g/mol. The van der Waals surface area contributed by atoms with Crippen molar-refractivity contribution in [3.8, 4) is 0 Å². The second kappa shape index (κ2) is 6.64. The maximum absolute atomic E-state index is 12.0. The second-order valence-electron chi connectivity index (χ2n) is 5.88. The molecule has 0 spiro atoms. The van der Waals surface area contributed by atoms with Crippen LogP contribution in [0.3, 0.4) is 0 Å². The van der Waals surface area contributed by atoms with Crippen molar-refractivity contribution in [2.45, 2.75) is 31.8 Å². The van der Waals surface area contributed by atoms with E-state index in [2.05, 4.69) is 10.3 Å². The third-order valence-electron chi connectivity index (χ3n) is 4.15. The summed E-state index contributed by atoms with van der Waals surface area (Å²) in [7, 11) is 0. The highest BCUT2D eigenvalue weighted by Gasteiger charge is 2.34. The van der Waals surface area contributed by atoms with Crippen molar-refractivity contribution >= 4 is 23.3 Å². The fourth-order valence-corrected chi connectivity index (χ4v) is 3.67. The Labute approximate surface area is 139 Å². The van der Waals surface area contributed by atoms with E-state index < -0.39 is 5.60 Å². The quantitative estimate of drug-likeness (QED) is 0.849. The molecule has 4 nitrogen and oxygen atoms in total. The van der Waals surface area contributed by atoms with Crippen LogP contribution in [-0.2, 0) is 16.8 Å². The van der Waals surface area contributed by atoms with Crippen molar-refractivity contribution in [2.75, 3.05) is 6.54 Å². The Balaban J connectivity index is 1.64. The maximum Gasteiger partial charge on any atom is 0.244 e. The van der Waals surface area contributed by atoms with Crippen molar-refractivity contribution in [2.24, 2.45) is 0 Å². The van der Waals surface area contributed by atoms with Crippen LogP contribution in [0.25, 0.3) is 6.08 Å². The number of amides is 1. The molecule has 0 saturated heterocycles. The highest BCUT2D eigenvalue weighted by atomic mass is 32.1. The first-order valence-corrected chi connectivity index (χ1v) is 8.58. The maximum atomic E-state index is 12.0. The van der Waals surface area contributed by atoms with Gasteiger partial charge in [-0.2, -0.15) is 0 Å². The van der Waals surface area contributed by atoms with Gasteiger partial charge in [-0.3, -0.25) is 4.79 Å². The van der Waals surface area contributed by atoms with E-state index in [0.717, 1.165) is 28.3 Å². The first kappa shape index (κ1) is 15.9.